The largest absolute Gasteiger partial charge is 0.447 e. The van der Waals surface area contributed by atoms with Crippen molar-refractivity contribution in [2.75, 3.05) is 18.1 Å². The fraction of sp³-hybridized carbons (Fsp3) is 0.190. The lowest BCUT2D eigenvalue weighted by atomic mass is 10.1. The number of benzene rings is 2. The van der Waals surface area contributed by atoms with Crippen LogP contribution in [0.5, 0.6) is 0 Å². The number of aromatic nitrogens is 1. The topological polar surface area (TPSA) is 91.5 Å². The summed E-state index contributed by atoms with van der Waals surface area (Å²) >= 11 is 0. The number of H-pyrrole nitrogens is 1. The van der Waals surface area contributed by atoms with Gasteiger partial charge < -0.3 is 15.0 Å². The molecule has 142 valence electrons. The maximum atomic E-state index is 12.7. The van der Waals surface area contributed by atoms with Gasteiger partial charge in [-0.3, -0.25) is 14.5 Å². The van der Waals surface area contributed by atoms with Crippen LogP contribution in [0.4, 0.5) is 10.5 Å². The normalized spacial score (nSPS) is 14.8. The first-order valence-corrected chi connectivity index (χ1v) is 9.00. The second kappa shape index (κ2) is 7.19. The van der Waals surface area contributed by atoms with Crippen molar-refractivity contribution in [3.63, 3.8) is 0 Å². The Morgan fingerprint density at radius 1 is 1.18 bits per heavy atom. The SMILES string of the molecule is C[C@H](NC(=O)c1c[nH]c2ccccc2c1=O)c1cccc(N2CCOC2=O)c1. The summed E-state index contributed by atoms with van der Waals surface area (Å²) in [7, 11) is 0. The Morgan fingerprint density at radius 2 is 2.00 bits per heavy atom. The van der Waals surface area contributed by atoms with Crippen molar-refractivity contribution in [2.45, 2.75) is 13.0 Å². The molecule has 0 aliphatic carbocycles. The van der Waals surface area contributed by atoms with E-state index in [-0.39, 0.29) is 23.1 Å². The standard InChI is InChI=1S/C21H19N3O4/c1-13(14-5-4-6-15(11-14)24-9-10-28-21(24)27)23-20(26)17-12-22-18-8-3-2-7-16(18)19(17)25/h2-8,11-13H,9-10H2,1H3,(H,22,25)(H,23,26)/t13-/m0/s1. The highest BCUT2D eigenvalue weighted by molar-refractivity contribution is 5.97. The lowest BCUT2D eigenvalue weighted by Gasteiger charge is -2.18. The molecule has 0 radical (unpaired) electrons. The number of anilines is 1. The minimum atomic E-state index is -0.453. The smallest absolute Gasteiger partial charge is 0.414 e. The van der Waals surface area contributed by atoms with Gasteiger partial charge in [0.25, 0.3) is 5.91 Å². The summed E-state index contributed by atoms with van der Waals surface area (Å²) in [5.74, 6) is -0.453. The van der Waals surface area contributed by atoms with E-state index >= 15 is 0 Å². The number of rotatable bonds is 4. The first-order chi connectivity index (χ1) is 13.5. The molecule has 0 spiro atoms. The van der Waals surface area contributed by atoms with Crippen LogP contribution in [0.25, 0.3) is 10.9 Å². The molecule has 0 saturated carbocycles. The zero-order valence-electron chi connectivity index (χ0n) is 15.3. The van der Waals surface area contributed by atoms with Gasteiger partial charge in [0.05, 0.1) is 12.6 Å². The number of para-hydroxylation sites is 1. The predicted octanol–water partition coefficient (Wildman–Crippen LogP) is 2.98. The van der Waals surface area contributed by atoms with Gasteiger partial charge in [0.1, 0.15) is 12.2 Å². The van der Waals surface area contributed by atoms with Gasteiger partial charge in [-0.05, 0) is 36.8 Å². The van der Waals surface area contributed by atoms with Gasteiger partial charge in [0.15, 0.2) is 0 Å². The Morgan fingerprint density at radius 3 is 2.79 bits per heavy atom. The average Bonchev–Trinajstić information content (AvgIpc) is 3.14. The molecule has 1 aromatic heterocycles. The highest BCUT2D eigenvalue weighted by Crippen LogP contribution is 2.23. The Bertz CT molecular complexity index is 1120. The molecule has 2 heterocycles. The molecule has 1 saturated heterocycles. The van der Waals surface area contributed by atoms with Gasteiger partial charge >= 0.3 is 6.09 Å². The van der Waals surface area contributed by atoms with Crippen LogP contribution in [0.15, 0.2) is 59.5 Å². The monoisotopic (exact) mass is 377 g/mol. The summed E-state index contributed by atoms with van der Waals surface area (Å²) in [5, 5.41) is 3.32. The Hall–Kier alpha value is -3.61. The third-order valence-electron chi connectivity index (χ3n) is 4.82. The number of nitrogens with one attached hydrogen (secondary N) is 2. The molecule has 2 N–H and O–H groups in total. The zero-order chi connectivity index (χ0) is 19.7. The van der Waals surface area contributed by atoms with Crippen LogP contribution >= 0.6 is 0 Å². The first-order valence-electron chi connectivity index (χ1n) is 9.00. The maximum absolute atomic E-state index is 12.7. The number of aromatic amines is 1. The lowest BCUT2D eigenvalue weighted by Crippen LogP contribution is -2.31. The van der Waals surface area contributed by atoms with Gasteiger partial charge in [0, 0.05) is 22.8 Å². The second-order valence-electron chi connectivity index (χ2n) is 6.63. The molecule has 28 heavy (non-hydrogen) atoms. The van der Waals surface area contributed by atoms with Crippen molar-refractivity contribution in [2.24, 2.45) is 0 Å². The number of carbonyl (C=O) groups is 2. The average molecular weight is 377 g/mol. The fourth-order valence-corrected chi connectivity index (χ4v) is 3.28. The van der Waals surface area contributed by atoms with Gasteiger partial charge in [-0.2, -0.15) is 0 Å². The van der Waals surface area contributed by atoms with Crippen LogP contribution in [-0.2, 0) is 4.74 Å². The van der Waals surface area contributed by atoms with Crippen molar-refractivity contribution in [3.8, 4) is 0 Å². The third kappa shape index (κ3) is 3.22. The number of ether oxygens (including phenoxy) is 1. The van der Waals surface area contributed by atoms with Crippen LogP contribution in [0.3, 0.4) is 0 Å². The lowest BCUT2D eigenvalue weighted by molar-refractivity contribution is 0.0938. The van der Waals surface area contributed by atoms with E-state index in [9.17, 15) is 14.4 Å². The van der Waals surface area contributed by atoms with E-state index in [1.54, 1.807) is 23.1 Å². The van der Waals surface area contributed by atoms with Crippen LogP contribution in [0, 0.1) is 0 Å². The predicted molar refractivity (Wildman–Crippen MR) is 106 cm³/mol. The number of fused-ring (bicyclic) bond motifs is 1. The molecule has 1 aliphatic heterocycles. The van der Waals surface area contributed by atoms with Crippen molar-refractivity contribution in [1.82, 2.24) is 10.3 Å². The van der Waals surface area contributed by atoms with E-state index in [0.29, 0.717) is 29.7 Å². The van der Waals surface area contributed by atoms with Crippen LogP contribution in [0.2, 0.25) is 0 Å². The van der Waals surface area contributed by atoms with Crippen LogP contribution in [-0.4, -0.2) is 30.1 Å². The number of pyridine rings is 1. The Labute approximate surface area is 160 Å². The molecule has 1 atom stereocenters. The molecule has 3 aromatic rings. The maximum Gasteiger partial charge on any atom is 0.414 e. The van der Waals surface area contributed by atoms with Crippen molar-refractivity contribution in [1.29, 1.82) is 0 Å². The molecular weight excluding hydrogens is 358 g/mol. The van der Waals surface area contributed by atoms with Gasteiger partial charge in [-0.25, -0.2) is 4.79 Å². The number of cyclic esters (lactones) is 1. The van der Waals surface area contributed by atoms with E-state index in [1.165, 1.54) is 6.20 Å². The third-order valence-corrected chi connectivity index (χ3v) is 4.82. The number of carbonyl (C=O) groups excluding carboxylic acids is 2. The fourth-order valence-electron chi connectivity index (χ4n) is 3.28. The summed E-state index contributed by atoms with van der Waals surface area (Å²) in [6.07, 6.45) is 1.06. The Kier molecular flexibility index (Phi) is 4.57. The summed E-state index contributed by atoms with van der Waals surface area (Å²) in [6, 6.07) is 14.0. The van der Waals surface area contributed by atoms with Crippen molar-refractivity contribution < 1.29 is 14.3 Å². The van der Waals surface area contributed by atoms with E-state index in [0.717, 1.165) is 5.56 Å². The number of nitrogens with zero attached hydrogens (tertiary/aromatic N) is 1. The second-order valence-corrected chi connectivity index (χ2v) is 6.63. The highest BCUT2D eigenvalue weighted by atomic mass is 16.6. The highest BCUT2D eigenvalue weighted by Gasteiger charge is 2.24. The molecule has 2 aromatic carbocycles. The number of hydrogen-bond donors (Lipinski definition) is 2. The van der Waals surface area contributed by atoms with Crippen LogP contribution in [0.1, 0.15) is 28.9 Å². The molecule has 0 bridgehead atoms. The molecule has 1 fully saturated rings. The van der Waals surface area contributed by atoms with Gasteiger partial charge in [-0.15, -0.1) is 0 Å². The van der Waals surface area contributed by atoms with Crippen molar-refractivity contribution >= 4 is 28.6 Å². The first kappa shape index (κ1) is 17.8. The molecule has 1 aliphatic rings. The number of amides is 2. The summed E-state index contributed by atoms with van der Waals surface area (Å²) in [6.45, 7) is 2.68. The van der Waals surface area contributed by atoms with Crippen LogP contribution < -0.4 is 15.6 Å². The minimum Gasteiger partial charge on any atom is -0.447 e. The quantitative estimate of drug-likeness (QED) is 0.731. The zero-order valence-corrected chi connectivity index (χ0v) is 15.3. The molecule has 7 heteroatoms. The van der Waals surface area contributed by atoms with E-state index in [2.05, 4.69) is 10.3 Å². The van der Waals surface area contributed by atoms with E-state index in [4.69, 9.17) is 4.74 Å². The summed E-state index contributed by atoms with van der Waals surface area (Å²) < 4.78 is 4.97. The van der Waals surface area contributed by atoms with Crippen molar-refractivity contribution in [3.05, 3.63) is 76.1 Å². The molecule has 4 rings (SSSR count). The number of hydrogen-bond acceptors (Lipinski definition) is 4. The van der Waals surface area contributed by atoms with Gasteiger partial charge in [0.2, 0.25) is 5.43 Å². The Balaban J connectivity index is 1.56. The molecule has 7 nitrogen and oxygen atoms in total. The molecular formula is C21H19N3O4. The minimum absolute atomic E-state index is 0.0600. The molecule has 2 amide bonds. The van der Waals surface area contributed by atoms with Gasteiger partial charge in [-0.1, -0.05) is 24.3 Å². The van der Waals surface area contributed by atoms with E-state index in [1.807, 2.05) is 37.3 Å². The summed E-state index contributed by atoms with van der Waals surface area (Å²) in [4.78, 5) is 41.6. The van der Waals surface area contributed by atoms with E-state index < -0.39 is 5.91 Å². The summed E-state index contributed by atoms with van der Waals surface area (Å²) in [5.41, 5.74) is 1.96. The molecule has 0 unspecified atom stereocenters.